The Kier molecular flexibility index (Phi) is 12.4. The van der Waals surface area contributed by atoms with E-state index in [1.165, 1.54) is 10.9 Å². The Balaban J connectivity index is 0.000000635. The Labute approximate surface area is 192 Å². The molecule has 204 valence electrons. The van der Waals surface area contributed by atoms with Crippen LogP contribution in [0.5, 0.6) is 0 Å². The van der Waals surface area contributed by atoms with Crippen molar-refractivity contribution >= 4 is 40.6 Å². The third-order valence-electron chi connectivity index (χ3n) is 3.32. The van der Waals surface area contributed by atoms with Crippen molar-refractivity contribution in [1.29, 1.82) is 0 Å². The number of fused-ring (bicyclic) bond motifs is 1. The molecule has 1 aliphatic heterocycles. The van der Waals surface area contributed by atoms with Gasteiger partial charge in [-0.2, -0.15) is 4.98 Å². The van der Waals surface area contributed by atoms with Gasteiger partial charge in [0.1, 0.15) is 12.2 Å². The first-order valence-electron chi connectivity index (χ1n) is 8.30. The number of nitrogens with two attached hydrogens (primary N) is 2. The molecule has 0 aromatic carbocycles. The van der Waals surface area contributed by atoms with Crippen molar-refractivity contribution in [3.05, 3.63) is 16.7 Å². The number of hydrogen-bond donors (Lipinski definition) is 14. The number of H-pyrrole nitrogens is 1. The molecule has 1 aliphatic rings. The number of nitrogen functional groups attached to an aromatic ring is 1. The number of phosphoric acid groups is 3. The van der Waals surface area contributed by atoms with Crippen molar-refractivity contribution in [3.8, 4) is 0 Å². The smallest absolute Gasteiger partial charge is 0.394 e. The van der Waals surface area contributed by atoms with Crippen molar-refractivity contribution in [2.45, 2.75) is 24.5 Å². The first-order valence-corrected chi connectivity index (χ1v) is 13.0. The van der Waals surface area contributed by atoms with E-state index < -0.39 is 53.5 Å². The summed E-state index contributed by atoms with van der Waals surface area (Å²) in [5.74, 6) is -0.0601. The van der Waals surface area contributed by atoms with Gasteiger partial charge in [0.2, 0.25) is 5.95 Å². The number of anilines is 1. The number of ether oxygens (including phenoxy) is 1. The minimum Gasteiger partial charge on any atom is -0.394 e. The molecule has 0 aliphatic carbocycles. The second kappa shape index (κ2) is 13.0. The molecule has 22 nitrogen and oxygen atoms in total. The summed E-state index contributed by atoms with van der Waals surface area (Å²) in [6.07, 6.45) is -1.28. The fourth-order valence-corrected chi connectivity index (χ4v) is 2.30. The number of nitrogens with one attached hydrogen (secondary N) is 1. The van der Waals surface area contributed by atoms with Crippen molar-refractivity contribution in [2.24, 2.45) is 5.73 Å². The highest BCUT2D eigenvalue weighted by molar-refractivity contribution is 7.45. The molecule has 1 saturated heterocycles. The highest BCUT2D eigenvalue weighted by Crippen LogP contribution is 2.29. The molecule has 25 heteroatoms. The van der Waals surface area contributed by atoms with E-state index in [0.29, 0.717) is 0 Å². The van der Waals surface area contributed by atoms with E-state index in [1.807, 2.05) is 0 Å². The van der Waals surface area contributed by atoms with Gasteiger partial charge in [-0.25, -0.2) is 18.7 Å². The Morgan fingerprint density at radius 3 is 1.80 bits per heavy atom. The molecule has 0 bridgehead atoms. The second-order valence-corrected chi connectivity index (χ2v) is 9.21. The third-order valence-corrected chi connectivity index (χ3v) is 3.32. The average molecular weight is 576 g/mol. The summed E-state index contributed by atoms with van der Waals surface area (Å²) >= 11 is 0. The molecular formula is C10H23N6O16P3. The maximum atomic E-state index is 11.7. The van der Waals surface area contributed by atoms with Crippen LogP contribution in [0.25, 0.3) is 11.2 Å². The van der Waals surface area contributed by atoms with Crippen LogP contribution in [0.1, 0.15) is 6.23 Å². The quantitative estimate of drug-likeness (QED) is 0.148. The number of nitrogens with zero attached hydrogens (tertiary/aromatic N) is 3. The fraction of sp³-hybridized carbons (Fsp3) is 0.500. The summed E-state index contributed by atoms with van der Waals surface area (Å²) in [5.41, 5.74) is 11.2. The molecule has 4 atom stereocenters. The maximum Gasteiger partial charge on any atom is 0.466 e. The molecule has 0 spiro atoms. The second-order valence-electron chi connectivity index (χ2n) is 6.13. The molecule has 0 unspecified atom stereocenters. The molecule has 0 saturated carbocycles. The standard InChI is InChI=1S/C10H14N6O4.3H3O4P/c11-4-6(18)3(1-17)20-9(4)16-2-13-5-7(16)14-10(12)15-8(5)19;3*1-5(2,3)4/h2-4,6,9,17-18H,1,11H2,(H3,12,14,15,19);3*(H3,1,2,3,4)/t3-,4-,6-,9-;;;/m1.../s1. The molecule has 3 heterocycles. The lowest BCUT2D eigenvalue weighted by Gasteiger charge is -2.17. The minimum absolute atomic E-state index is 0.0601. The fourth-order valence-electron chi connectivity index (χ4n) is 2.30. The molecule has 16 N–H and O–H groups in total. The Bertz CT molecular complexity index is 1080. The number of aliphatic hydroxyl groups excluding tert-OH is 2. The van der Waals surface area contributed by atoms with Crippen LogP contribution in [0.15, 0.2) is 11.1 Å². The molecule has 0 radical (unpaired) electrons. The minimum atomic E-state index is -4.64. The Morgan fingerprint density at radius 2 is 1.43 bits per heavy atom. The van der Waals surface area contributed by atoms with Gasteiger partial charge in [0.15, 0.2) is 17.4 Å². The predicted molar refractivity (Wildman–Crippen MR) is 110 cm³/mol. The van der Waals surface area contributed by atoms with Crippen molar-refractivity contribution in [3.63, 3.8) is 0 Å². The Hall–Kier alpha value is -1.68. The molecule has 1 fully saturated rings. The van der Waals surface area contributed by atoms with Crippen LogP contribution >= 0.6 is 23.5 Å². The highest BCUT2D eigenvalue weighted by atomic mass is 31.2. The number of rotatable bonds is 2. The van der Waals surface area contributed by atoms with E-state index in [0.717, 1.165) is 0 Å². The normalized spacial score (nSPS) is 22.3. The molecule has 2 aromatic rings. The summed E-state index contributed by atoms with van der Waals surface area (Å²) in [7, 11) is -13.9. The largest absolute Gasteiger partial charge is 0.466 e. The zero-order valence-corrected chi connectivity index (χ0v) is 19.6. The number of hydrogen-bond acceptors (Lipinski definition) is 11. The van der Waals surface area contributed by atoms with Gasteiger partial charge in [0.25, 0.3) is 5.56 Å². The first-order chi connectivity index (χ1) is 15.5. The number of imidazole rings is 1. The van der Waals surface area contributed by atoms with E-state index in [9.17, 15) is 9.90 Å². The van der Waals surface area contributed by atoms with Crippen molar-refractivity contribution in [1.82, 2.24) is 19.5 Å². The lowest BCUT2D eigenvalue weighted by atomic mass is 10.1. The van der Waals surface area contributed by atoms with Gasteiger partial charge < -0.3 is 70.5 Å². The average Bonchev–Trinajstić information content (AvgIpc) is 3.12. The monoisotopic (exact) mass is 576 g/mol. The van der Waals surface area contributed by atoms with Crippen LogP contribution in [0, 0.1) is 0 Å². The summed E-state index contributed by atoms with van der Waals surface area (Å²) in [6, 6.07) is -0.785. The number of aromatic nitrogens is 4. The van der Waals surface area contributed by atoms with Gasteiger partial charge in [0, 0.05) is 0 Å². The number of aromatic amines is 1. The van der Waals surface area contributed by atoms with Crippen LogP contribution in [-0.2, 0) is 18.4 Å². The maximum absolute atomic E-state index is 11.7. The third kappa shape index (κ3) is 14.5. The molecule has 2 aromatic heterocycles. The van der Waals surface area contributed by atoms with Crippen LogP contribution in [0.4, 0.5) is 5.95 Å². The van der Waals surface area contributed by atoms with E-state index in [-0.39, 0.29) is 23.7 Å². The zero-order valence-electron chi connectivity index (χ0n) is 16.9. The summed E-state index contributed by atoms with van der Waals surface area (Å²) < 4.78 is 33.5. The number of aliphatic hydroxyl groups is 2. The molecule has 35 heavy (non-hydrogen) atoms. The van der Waals surface area contributed by atoms with Gasteiger partial charge in [-0.1, -0.05) is 0 Å². The van der Waals surface area contributed by atoms with Crippen LogP contribution in [0.3, 0.4) is 0 Å². The topological polar surface area (TPSA) is 399 Å². The first kappa shape index (κ1) is 33.3. The lowest BCUT2D eigenvalue weighted by molar-refractivity contribution is -0.0437. The molecular weight excluding hydrogens is 553 g/mol. The van der Waals surface area contributed by atoms with Gasteiger partial charge in [-0.3, -0.25) is 14.3 Å². The van der Waals surface area contributed by atoms with Gasteiger partial charge >= 0.3 is 23.5 Å². The Morgan fingerprint density at radius 1 is 1.00 bits per heavy atom. The van der Waals surface area contributed by atoms with Crippen molar-refractivity contribution in [2.75, 3.05) is 12.3 Å². The van der Waals surface area contributed by atoms with Gasteiger partial charge in [-0.15, -0.1) is 0 Å². The van der Waals surface area contributed by atoms with E-state index in [2.05, 4.69) is 15.0 Å². The highest BCUT2D eigenvalue weighted by Gasteiger charge is 2.42. The van der Waals surface area contributed by atoms with Crippen LogP contribution < -0.4 is 17.0 Å². The van der Waals surface area contributed by atoms with E-state index in [4.69, 9.17) is 79.0 Å². The lowest BCUT2D eigenvalue weighted by Crippen LogP contribution is -2.39. The van der Waals surface area contributed by atoms with Gasteiger partial charge in [-0.05, 0) is 0 Å². The summed E-state index contributed by atoms with van der Waals surface area (Å²) in [6.45, 7) is -0.367. The van der Waals surface area contributed by atoms with E-state index >= 15 is 0 Å². The predicted octanol–water partition coefficient (Wildman–Crippen LogP) is -5.51. The summed E-state index contributed by atoms with van der Waals surface area (Å²) in [4.78, 5) is 86.6. The molecule has 3 rings (SSSR count). The molecule has 0 amide bonds. The summed E-state index contributed by atoms with van der Waals surface area (Å²) in [5, 5.41) is 19.0. The van der Waals surface area contributed by atoms with Gasteiger partial charge in [0.05, 0.1) is 19.0 Å². The zero-order chi connectivity index (χ0) is 27.9. The van der Waals surface area contributed by atoms with E-state index in [1.54, 1.807) is 0 Å². The SMILES string of the molecule is Nc1nc2c(ncn2[C@@H]2O[C@H](CO)[C@@H](O)[C@H]2N)c(=O)[nH]1.O=P(O)(O)O.O=P(O)(O)O.O=P(O)(O)O. The van der Waals surface area contributed by atoms with Crippen LogP contribution in [-0.4, -0.2) is 98.6 Å². The van der Waals surface area contributed by atoms with Crippen molar-refractivity contribution < 1.29 is 72.7 Å². The van der Waals surface area contributed by atoms with Crippen LogP contribution in [0.2, 0.25) is 0 Å².